The van der Waals surface area contributed by atoms with Crippen molar-refractivity contribution in [3.8, 4) is 11.1 Å². The summed E-state index contributed by atoms with van der Waals surface area (Å²) in [6.07, 6.45) is 0. The van der Waals surface area contributed by atoms with Crippen LogP contribution in [0.5, 0.6) is 0 Å². The number of thiophene rings is 1. The van der Waals surface area contributed by atoms with Crippen LogP contribution in [0.1, 0.15) is 20.7 Å². The van der Waals surface area contributed by atoms with E-state index in [1.54, 1.807) is 31.3 Å². The highest BCUT2D eigenvalue weighted by Gasteiger charge is 2.26. The number of hydrogen-bond acceptors (Lipinski definition) is 5. The van der Waals surface area contributed by atoms with Gasteiger partial charge < -0.3 is 19.7 Å². The number of nitrogens with zero attached hydrogens (tertiary/aromatic N) is 1. The van der Waals surface area contributed by atoms with Gasteiger partial charge in [0.2, 0.25) is 0 Å². The Morgan fingerprint density at radius 1 is 0.903 bits per heavy atom. The van der Waals surface area contributed by atoms with E-state index in [1.807, 2.05) is 53.9 Å². The van der Waals surface area contributed by atoms with Crippen molar-refractivity contribution in [2.24, 2.45) is 0 Å². The van der Waals surface area contributed by atoms with Gasteiger partial charge in [-0.25, -0.2) is 0 Å². The molecule has 0 bridgehead atoms. The summed E-state index contributed by atoms with van der Waals surface area (Å²) in [5, 5.41) is 5.37. The van der Waals surface area contributed by atoms with E-state index < -0.39 is 0 Å². The first kappa shape index (κ1) is 22.7. The number of benzene rings is 2. The fourth-order valence-electron chi connectivity index (χ4n) is 3.13. The number of rotatable bonds is 10. The fraction of sp³-hybridized carbons (Fsp3) is 0.250. The van der Waals surface area contributed by atoms with Gasteiger partial charge in [-0.1, -0.05) is 48.5 Å². The lowest BCUT2D eigenvalue weighted by Gasteiger charge is -2.23. The van der Waals surface area contributed by atoms with Crippen molar-refractivity contribution in [1.82, 2.24) is 4.90 Å². The van der Waals surface area contributed by atoms with Gasteiger partial charge in [0, 0.05) is 43.8 Å². The number of nitrogens with one attached hydrogen (secondary N) is 1. The van der Waals surface area contributed by atoms with E-state index in [2.05, 4.69) is 5.32 Å². The molecule has 1 aromatic heterocycles. The highest BCUT2D eigenvalue weighted by Crippen LogP contribution is 2.36. The Kier molecular flexibility index (Phi) is 8.35. The third kappa shape index (κ3) is 5.79. The van der Waals surface area contributed by atoms with Gasteiger partial charge in [0.15, 0.2) is 0 Å². The molecule has 7 heteroatoms. The van der Waals surface area contributed by atoms with E-state index in [0.717, 1.165) is 11.1 Å². The molecule has 0 atom stereocenters. The largest absolute Gasteiger partial charge is 0.383 e. The van der Waals surface area contributed by atoms with Crippen molar-refractivity contribution in [1.29, 1.82) is 0 Å². The molecule has 6 nitrogen and oxygen atoms in total. The molecule has 162 valence electrons. The first-order valence-corrected chi connectivity index (χ1v) is 10.8. The quantitative estimate of drug-likeness (QED) is 0.509. The summed E-state index contributed by atoms with van der Waals surface area (Å²) < 4.78 is 10.4. The fourth-order valence-corrected chi connectivity index (χ4v) is 4.09. The Labute approximate surface area is 186 Å². The molecule has 1 N–H and O–H groups in total. The Hall–Kier alpha value is -3.00. The highest BCUT2D eigenvalue weighted by molar-refractivity contribution is 7.15. The molecule has 0 aliphatic heterocycles. The molecular formula is C24H26N2O4S. The maximum absolute atomic E-state index is 13.6. The summed E-state index contributed by atoms with van der Waals surface area (Å²) in [6, 6.07) is 18.6. The average Bonchev–Trinajstić information content (AvgIpc) is 3.23. The number of hydrogen-bond donors (Lipinski definition) is 1. The maximum atomic E-state index is 13.6. The van der Waals surface area contributed by atoms with Crippen LogP contribution >= 0.6 is 11.3 Å². The molecule has 1 heterocycles. The Bertz CT molecular complexity index is 981. The number of ether oxygens (including phenoxy) is 2. The van der Waals surface area contributed by atoms with Crippen LogP contribution in [-0.2, 0) is 9.47 Å². The number of methoxy groups -OCH3 is 2. The van der Waals surface area contributed by atoms with E-state index in [1.165, 1.54) is 11.3 Å². The highest BCUT2D eigenvalue weighted by atomic mass is 32.1. The summed E-state index contributed by atoms with van der Waals surface area (Å²) >= 11 is 1.35. The van der Waals surface area contributed by atoms with Crippen molar-refractivity contribution in [3.05, 3.63) is 77.2 Å². The summed E-state index contributed by atoms with van der Waals surface area (Å²) in [5.74, 6) is -0.422. The second kappa shape index (κ2) is 11.4. The average molecular weight is 439 g/mol. The molecule has 2 aromatic carbocycles. The van der Waals surface area contributed by atoms with Crippen LogP contribution in [0.15, 0.2) is 66.0 Å². The standard InChI is InChI=1S/C24H26N2O4S/c1-29-15-13-26(14-16-30-2)24(28)21-20(18-9-5-3-6-10-18)17-31-23(21)25-22(27)19-11-7-4-8-12-19/h3-12,17H,13-16H2,1-2H3,(H,25,27). The molecule has 0 saturated carbocycles. The second-order valence-corrected chi connectivity index (χ2v) is 7.70. The van der Waals surface area contributed by atoms with Crippen LogP contribution in [0.2, 0.25) is 0 Å². The minimum atomic E-state index is -0.253. The lowest BCUT2D eigenvalue weighted by Crippen LogP contribution is -2.37. The van der Waals surface area contributed by atoms with E-state index in [-0.39, 0.29) is 11.8 Å². The minimum absolute atomic E-state index is 0.169. The zero-order valence-electron chi connectivity index (χ0n) is 17.7. The molecule has 0 aliphatic rings. The van der Waals surface area contributed by atoms with Gasteiger partial charge >= 0.3 is 0 Å². The van der Waals surface area contributed by atoms with Crippen molar-refractivity contribution in [3.63, 3.8) is 0 Å². The van der Waals surface area contributed by atoms with Gasteiger partial charge in [0.05, 0.1) is 18.8 Å². The topological polar surface area (TPSA) is 67.9 Å². The number of carbonyl (C=O) groups excluding carboxylic acids is 2. The SMILES string of the molecule is COCCN(CCOC)C(=O)c1c(-c2ccccc2)csc1NC(=O)c1ccccc1. The molecule has 31 heavy (non-hydrogen) atoms. The van der Waals surface area contributed by atoms with Crippen molar-refractivity contribution in [2.45, 2.75) is 0 Å². The molecule has 3 aromatic rings. The predicted octanol–water partition coefficient (Wildman–Crippen LogP) is 4.40. The molecule has 3 rings (SSSR count). The minimum Gasteiger partial charge on any atom is -0.383 e. The molecule has 0 radical (unpaired) electrons. The number of anilines is 1. The smallest absolute Gasteiger partial charge is 0.257 e. The Morgan fingerprint density at radius 2 is 1.48 bits per heavy atom. The first-order chi connectivity index (χ1) is 15.2. The van der Waals surface area contributed by atoms with Gasteiger partial charge in [0.25, 0.3) is 11.8 Å². The van der Waals surface area contributed by atoms with Crippen LogP contribution in [-0.4, -0.2) is 57.2 Å². The van der Waals surface area contributed by atoms with Gasteiger partial charge in [0.1, 0.15) is 5.00 Å². The number of carbonyl (C=O) groups is 2. The lowest BCUT2D eigenvalue weighted by molar-refractivity contribution is 0.0629. The molecule has 0 unspecified atom stereocenters. The number of amides is 2. The van der Waals surface area contributed by atoms with Gasteiger partial charge in [-0.05, 0) is 17.7 Å². The molecule has 0 saturated heterocycles. The summed E-state index contributed by atoms with van der Waals surface area (Å²) in [6.45, 7) is 1.67. The Morgan fingerprint density at radius 3 is 2.06 bits per heavy atom. The molecular weight excluding hydrogens is 412 g/mol. The zero-order valence-corrected chi connectivity index (χ0v) is 18.5. The van der Waals surface area contributed by atoms with Gasteiger partial charge in [-0.3, -0.25) is 9.59 Å². The van der Waals surface area contributed by atoms with Crippen LogP contribution in [0.4, 0.5) is 5.00 Å². The molecule has 0 spiro atoms. The van der Waals surface area contributed by atoms with Gasteiger partial charge in [-0.2, -0.15) is 0 Å². The third-order valence-electron chi connectivity index (χ3n) is 4.77. The predicted molar refractivity (Wildman–Crippen MR) is 124 cm³/mol. The summed E-state index contributed by atoms with van der Waals surface area (Å²) in [5.41, 5.74) is 2.72. The monoisotopic (exact) mass is 438 g/mol. The van der Waals surface area contributed by atoms with Crippen LogP contribution < -0.4 is 5.32 Å². The van der Waals surface area contributed by atoms with Gasteiger partial charge in [-0.15, -0.1) is 11.3 Å². The maximum Gasteiger partial charge on any atom is 0.257 e. The summed E-state index contributed by atoms with van der Waals surface area (Å²) in [7, 11) is 3.20. The van der Waals surface area contributed by atoms with E-state index in [9.17, 15) is 9.59 Å². The van der Waals surface area contributed by atoms with Crippen molar-refractivity contribution < 1.29 is 19.1 Å². The second-order valence-electron chi connectivity index (χ2n) is 6.82. The van der Waals surface area contributed by atoms with E-state index >= 15 is 0 Å². The van der Waals surface area contributed by atoms with E-state index in [0.29, 0.717) is 42.4 Å². The molecule has 2 amide bonds. The van der Waals surface area contributed by atoms with Crippen LogP contribution in [0.3, 0.4) is 0 Å². The summed E-state index contributed by atoms with van der Waals surface area (Å²) in [4.78, 5) is 28.1. The first-order valence-electron chi connectivity index (χ1n) is 9.96. The lowest BCUT2D eigenvalue weighted by atomic mass is 10.0. The van der Waals surface area contributed by atoms with E-state index in [4.69, 9.17) is 9.47 Å². The zero-order chi connectivity index (χ0) is 22.1. The van der Waals surface area contributed by atoms with Crippen molar-refractivity contribution in [2.75, 3.05) is 45.8 Å². The molecule has 0 fully saturated rings. The van der Waals surface area contributed by atoms with Crippen molar-refractivity contribution >= 4 is 28.2 Å². The third-order valence-corrected chi connectivity index (χ3v) is 5.67. The molecule has 0 aliphatic carbocycles. The van der Waals surface area contributed by atoms with Crippen LogP contribution in [0, 0.1) is 0 Å². The normalized spacial score (nSPS) is 10.6. The van der Waals surface area contributed by atoms with Crippen LogP contribution in [0.25, 0.3) is 11.1 Å². The Balaban J connectivity index is 1.98.